The van der Waals surface area contributed by atoms with Crippen LogP contribution in [0.15, 0.2) is 0 Å². The van der Waals surface area contributed by atoms with Crippen LogP contribution in [0.3, 0.4) is 0 Å². The zero-order valence-electron chi connectivity index (χ0n) is 8.77. The van der Waals surface area contributed by atoms with Gasteiger partial charge in [0.25, 0.3) is 0 Å². The van der Waals surface area contributed by atoms with Crippen LogP contribution in [0.4, 0.5) is 0 Å². The summed E-state index contributed by atoms with van der Waals surface area (Å²) in [4.78, 5) is 0. The Morgan fingerprint density at radius 2 is 1.85 bits per heavy atom. The fourth-order valence-corrected chi connectivity index (χ4v) is 3.83. The van der Waals surface area contributed by atoms with Crippen molar-refractivity contribution < 1.29 is 9.09 Å². The molecule has 0 saturated heterocycles. The van der Waals surface area contributed by atoms with Gasteiger partial charge in [0.15, 0.2) is 8.03 Å². The molecule has 13 heavy (non-hydrogen) atoms. The Morgan fingerprint density at radius 1 is 1.23 bits per heavy atom. The van der Waals surface area contributed by atoms with Gasteiger partial charge < -0.3 is 4.52 Å². The first-order chi connectivity index (χ1) is 6.25. The van der Waals surface area contributed by atoms with Gasteiger partial charge in [-0.25, -0.2) is 0 Å². The third-order valence-electron chi connectivity index (χ3n) is 3.20. The van der Waals surface area contributed by atoms with E-state index in [2.05, 4.69) is 6.92 Å². The number of rotatable bonds is 4. The zero-order chi connectivity index (χ0) is 9.73. The highest BCUT2D eigenvalue weighted by Crippen LogP contribution is 2.51. The van der Waals surface area contributed by atoms with Gasteiger partial charge in [-0.05, 0) is 26.2 Å². The monoisotopic (exact) mass is 204 g/mol. The molecular formula is C10H21O2P. The minimum absolute atomic E-state index is 0.0545. The van der Waals surface area contributed by atoms with E-state index in [4.69, 9.17) is 4.52 Å². The van der Waals surface area contributed by atoms with Crippen LogP contribution >= 0.6 is 8.03 Å². The summed E-state index contributed by atoms with van der Waals surface area (Å²) >= 11 is 0. The van der Waals surface area contributed by atoms with Crippen molar-refractivity contribution >= 4 is 8.03 Å². The smallest absolute Gasteiger partial charge is 0.197 e. The van der Waals surface area contributed by atoms with Crippen molar-refractivity contribution in [3.05, 3.63) is 0 Å². The first-order valence-electron chi connectivity index (χ1n) is 5.42. The predicted molar refractivity (Wildman–Crippen MR) is 56.7 cm³/mol. The summed E-state index contributed by atoms with van der Waals surface area (Å²) in [5.41, 5.74) is 0. The molecule has 3 heteroatoms. The van der Waals surface area contributed by atoms with Gasteiger partial charge in [0, 0.05) is 5.16 Å². The standard InChI is InChI=1S/C10H21O2P/c1-3-10(13(11)12-4-2)8-6-5-7-9-10/h13H,3-9H2,1-2H3. The molecule has 1 unspecified atom stereocenters. The van der Waals surface area contributed by atoms with Crippen LogP contribution in [-0.2, 0) is 9.09 Å². The van der Waals surface area contributed by atoms with Gasteiger partial charge in [-0.1, -0.05) is 26.2 Å². The van der Waals surface area contributed by atoms with E-state index in [1.165, 1.54) is 19.3 Å². The van der Waals surface area contributed by atoms with Crippen molar-refractivity contribution in [2.75, 3.05) is 6.61 Å². The van der Waals surface area contributed by atoms with Gasteiger partial charge in [0.2, 0.25) is 0 Å². The van der Waals surface area contributed by atoms with Crippen molar-refractivity contribution in [2.24, 2.45) is 0 Å². The van der Waals surface area contributed by atoms with Crippen LogP contribution in [0.2, 0.25) is 0 Å². The molecule has 0 amide bonds. The topological polar surface area (TPSA) is 26.3 Å². The molecule has 0 bridgehead atoms. The fraction of sp³-hybridized carbons (Fsp3) is 1.00. The highest BCUT2D eigenvalue weighted by atomic mass is 31.1. The summed E-state index contributed by atoms with van der Waals surface area (Å²) in [5, 5.41) is 0.0545. The molecule has 1 aliphatic carbocycles. The first-order valence-corrected chi connectivity index (χ1v) is 6.74. The molecule has 0 N–H and O–H groups in total. The Morgan fingerprint density at radius 3 is 2.31 bits per heavy atom. The lowest BCUT2D eigenvalue weighted by atomic mass is 9.86. The van der Waals surface area contributed by atoms with Gasteiger partial charge in [-0.3, -0.25) is 4.57 Å². The lowest BCUT2D eigenvalue weighted by molar-refractivity contribution is 0.290. The van der Waals surface area contributed by atoms with Crippen LogP contribution in [0.1, 0.15) is 52.4 Å². The molecule has 1 fully saturated rings. The zero-order valence-corrected chi connectivity index (χ0v) is 9.77. The highest BCUT2D eigenvalue weighted by Gasteiger charge is 2.36. The Hall–Kier alpha value is 0.190. The molecule has 0 aromatic rings. The third-order valence-corrected chi connectivity index (χ3v) is 5.47. The summed E-state index contributed by atoms with van der Waals surface area (Å²) in [6, 6.07) is 0. The number of hydrogen-bond acceptors (Lipinski definition) is 2. The molecule has 0 spiro atoms. The summed E-state index contributed by atoms with van der Waals surface area (Å²) in [6.07, 6.45) is 7.02. The van der Waals surface area contributed by atoms with Crippen molar-refractivity contribution in [2.45, 2.75) is 57.5 Å². The minimum atomic E-state index is -1.80. The molecular weight excluding hydrogens is 183 g/mol. The summed E-state index contributed by atoms with van der Waals surface area (Å²) in [6.45, 7) is 4.67. The van der Waals surface area contributed by atoms with E-state index < -0.39 is 8.03 Å². The van der Waals surface area contributed by atoms with Gasteiger partial charge in [0.1, 0.15) is 0 Å². The predicted octanol–water partition coefficient (Wildman–Crippen LogP) is 3.61. The van der Waals surface area contributed by atoms with Crippen molar-refractivity contribution in [1.29, 1.82) is 0 Å². The molecule has 2 nitrogen and oxygen atoms in total. The minimum Gasteiger partial charge on any atom is -0.330 e. The maximum atomic E-state index is 11.9. The maximum Gasteiger partial charge on any atom is 0.197 e. The van der Waals surface area contributed by atoms with E-state index in [0.717, 1.165) is 19.3 Å². The second kappa shape index (κ2) is 5.17. The summed E-state index contributed by atoms with van der Waals surface area (Å²) in [5.74, 6) is 0. The van der Waals surface area contributed by atoms with Crippen LogP contribution in [0, 0.1) is 0 Å². The molecule has 0 aromatic carbocycles. The Kier molecular flexibility index (Phi) is 4.48. The molecule has 1 aliphatic rings. The molecule has 0 aliphatic heterocycles. The maximum absolute atomic E-state index is 11.9. The van der Waals surface area contributed by atoms with E-state index in [0.29, 0.717) is 6.61 Å². The fourth-order valence-electron chi connectivity index (χ4n) is 2.21. The van der Waals surface area contributed by atoms with Gasteiger partial charge in [0.05, 0.1) is 6.61 Å². The Balaban J connectivity index is 2.61. The SMILES string of the molecule is CCO[PH](=O)C1(CC)CCCCC1. The average molecular weight is 204 g/mol. The van der Waals surface area contributed by atoms with E-state index in [-0.39, 0.29) is 5.16 Å². The van der Waals surface area contributed by atoms with Gasteiger partial charge in [-0.15, -0.1) is 0 Å². The normalized spacial score (nSPS) is 24.2. The van der Waals surface area contributed by atoms with E-state index >= 15 is 0 Å². The quantitative estimate of drug-likeness (QED) is 0.654. The van der Waals surface area contributed by atoms with E-state index in [1.54, 1.807) is 0 Å². The average Bonchev–Trinajstić information content (AvgIpc) is 2.19. The third kappa shape index (κ3) is 2.57. The summed E-state index contributed by atoms with van der Waals surface area (Å²) in [7, 11) is -1.80. The Bertz CT molecular complexity index is 174. The molecule has 0 aromatic heterocycles. The Labute approximate surface area is 81.9 Å². The van der Waals surface area contributed by atoms with Gasteiger partial charge >= 0.3 is 0 Å². The number of hydrogen-bond donors (Lipinski definition) is 0. The van der Waals surface area contributed by atoms with Crippen molar-refractivity contribution in [1.82, 2.24) is 0 Å². The van der Waals surface area contributed by atoms with Gasteiger partial charge in [-0.2, -0.15) is 0 Å². The van der Waals surface area contributed by atoms with E-state index in [1.807, 2.05) is 6.92 Å². The molecule has 1 saturated carbocycles. The van der Waals surface area contributed by atoms with Crippen LogP contribution < -0.4 is 0 Å². The first kappa shape index (κ1) is 11.3. The molecule has 1 atom stereocenters. The molecule has 0 heterocycles. The van der Waals surface area contributed by atoms with Crippen molar-refractivity contribution in [3.63, 3.8) is 0 Å². The van der Waals surface area contributed by atoms with Crippen molar-refractivity contribution in [3.8, 4) is 0 Å². The molecule has 1 rings (SSSR count). The second-order valence-electron chi connectivity index (χ2n) is 3.92. The largest absolute Gasteiger partial charge is 0.330 e. The lowest BCUT2D eigenvalue weighted by Gasteiger charge is -2.35. The van der Waals surface area contributed by atoms with Crippen LogP contribution in [0.25, 0.3) is 0 Å². The lowest BCUT2D eigenvalue weighted by Crippen LogP contribution is -2.27. The van der Waals surface area contributed by atoms with Crippen LogP contribution in [-0.4, -0.2) is 11.8 Å². The highest BCUT2D eigenvalue weighted by molar-refractivity contribution is 7.41. The second-order valence-corrected chi connectivity index (χ2v) is 5.84. The van der Waals surface area contributed by atoms with E-state index in [9.17, 15) is 4.57 Å². The van der Waals surface area contributed by atoms with Crippen LogP contribution in [0.5, 0.6) is 0 Å². The molecule has 78 valence electrons. The molecule has 0 radical (unpaired) electrons. The summed E-state index contributed by atoms with van der Waals surface area (Å²) < 4.78 is 17.2.